The lowest BCUT2D eigenvalue weighted by atomic mass is 10.1. The number of hydrogen-bond acceptors (Lipinski definition) is 4. The first-order chi connectivity index (χ1) is 10.3. The number of nitrogens with one attached hydrogen (secondary N) is 1. The van der Waals surface area contributed by atoms with Gasteiger partial charge in [0.2, 0.25) is 0 Å². The Hall–Kier alpha value is -1.10. The maximum atomic E-state index is 9.19. The van der Waals surface area contributed by atoms with E-state index in [0.29, 0.717) is 12.0 Å². The van der Waals surface area contributed by atoms with Crippen molar-refractivity contribution >= 4 is 22.7 Å². The molecule has 3 rings (SSSR count). The van der Waals surface area contributed by atoms with Gasteiger partial charge >= 0.3 is 0 Å². The maximum absolute atomic E-state index is 9.19. The largest absolute Gasteiger partial charge is 0.396 e. The summed E-state index contributed by atoms with van der Waals surface area (Å²) in [6, 6.07) is 11.2. The van der Waals surface area contributed by atoms with E-state index in [0.717, 1.165) is 22.8 Å². The second-order valence-corrected chi connectivity index (χ2v) is 6.91. The van der Waals surface area contributed by atoms with Gasteiger partial charge in [-0.2, -0.15) is 0 Å². The normalized spacial score (nSPS) is 16.3. The number of fused-ring (bicyclic) bond motifs is 1. The predicted molar refractivity (Wildman–Crippen MR) is 88.6 cm³/mol. The average molecular weight is 302 g/mol. The first kappa shape index (κ1) is 14.8. The van der Waals surface area contributed by atoms with Gasteiger partial charge in [0.1, 0.15) is 5.03 Å². The number of benzene rings is 1. The lowest BCUT2D eigenvalue weighted by molar-refractivity contribution is 0.250. The number of hydrogen-bond donors (Lipinski definition) is 2. The summed E-state index contributed by atoms with van der Waals surface area (Å²) in [4.78, 5) is 4.82. The monoisotopic (exact) mass is 302 g/mol. The lowest BCUT2D eigenvalue weighted by Crippen LogP contribution is -2.16. The molecule has 1 atom stereocenters. The highest BCUT2D eigenvalue weighted by Gasteiger charge is 2.21. The lowest BCUT2D eigenvalue weighted by Gasteiger charge is -2.13. The molecule has 0 bridgehead atoms. The van der Waals surface area contributed by atoms with E-state index in [1.165, 1.54) is 23.8 Å². The molecule has 1 saturated carbocycles. The number of thioether (sulfide) groups is 1. The van der Waals surface area contributed by atoms with Crippen LogP contribution in [-0.4, -0.2) is 28.5 Å². The third-order valence-corrected chi connectivity index (χ3v) is 5.10. The molecule has 2 N–H and O–H groups in total. The molecule has 3 nitrogen and oxygen atoms in total. The van der Waals surface area contributed by atoms with Gasteiger partial charge in [-0.3, -0.25) is 0 Å². The first-order valence-electron chi connectivity index (χ1n) is 7.62. The molecule has 1 aliphatic rings. The van der Waals surface area contributed by atoms with Crippen molar-refractivity contribution in [3.8, 4) is 0 Å². The van der Waals surface area contributed by atoms with E-state index >= 15 is 0 Å². The summed E-state index contributed by atoms with van der Waals surface area (Å²) in [5.74, 6) is 1.20. The second kappa shape index (κ2) is 6.77. The minimum absolute atomic E-state index is 0.232. The molecule has 21 heavy (non-hydrogen) atoms. The molecule has 0 amide bonds. The number of para-hydroxylation sites is 1. The fraction of sp³-hybridized carbons (Fsp3) is 0.471. The van der Waals surface area contributed by atoms with Crippen molar-refractivity contribution in [1.82, 2.24) is 10.3 Å². The molecule has 1 unspecified atom stereocenters. The molecule has 0 aliphatic heterocycles. The topological polar surface area (TPSA) is 45.2 Å². The van der Waals surface area contributed by atoms with Gasteiger partial charge in [-0.1, -0.05) is 25.1 Å². The quantitative estimate of drug-likeness (QED) is 0.771. The molecule has 2 aromatic rings. The SMILES string of the molecule is CC(CO)CSc1nc2ccccc2cc1CNC1CC1. The zero-order valence-corrected chi connectivity index (χ0v) is 13.2. The van der Waals surface area contributed by atoms with Crippen molar-refractivity contribution in [3.05, 3.63) is 35.9 Å². The third kappa shape index (κ3) is 3.96. The van der Waals surface area contributed by atoms with E-state index in [1.807, 2.05) is 6.07 Å². The van der Waals surface area contributed by atoms with E-state index in [-0.39, 0.29) is 6.61 Å². The van der Waals surface area contributed by atoms with Crippen LogP contribution in [0, 0.1) is 5.92 Å². The average Bonchev–Trinajstić information content (AvgIpc) is 3.34. The Morgan fingerprint density at radius 3 is 2.95 bits per heavy atom. The highest BCUT2D eigenvalue weighted by Crippen LogP contribution is 2.27. The van der Waals surface area contributed by atoms with E-state index in [1.54, 1.807) is 11.8 Å². The molecule has 1 aromatic heterocycles. The van der Waals surface area contributed by atoms with Crippen molar-refractivity contribution in [2.45, 2.75) is 37.4 Å². The summed E-state index contributed by atoms with van der Waals surface area (Å²) in [5.41, 5.74) is 2.32. The van der Waals surface area contributed by atoms with Crippen LogP contribution in [0.5, 0.6) is 0 Å². The molecule has 1 aromatic carbocycles. The third-order valence-electron chi connectivity index (χ3n) is 3.74. The Balaban J connectivity index is 1.83. The number of nitrogens with zero attached hydrogens (tertiary/aromatic N) is 1. The number of aromatic nitrogens is 1. The van der Waals surface area contributed by atoms with Crippen LogP contribution in [0.2, 0.25) is 0 Å². The predicted octanol–water partition coefficient (Wildman–Crippen LogP) is 3.21. The van der Waals surface area contributed by atoms with Gasteiger partial charge in [0.25, 0.3) is 0 Å². The van der Waals surface area contributed by atoms with Gasteiger partial charge < -0.3 is 10.4 Å². The fourth-order valence-electron chi connectivity index (χ4n) is 2.21. The summed E-state index contributed by atoms with van der Waals surface area (Å²) in [6.45, 7) is 3.19. The molecule has 112 valence electrons. The maximum Gasteiger partial charge on any atom is 0.101 e. The molecular formula is C17H22N2OS. The van der Waals surface area contributed by atoms with E-state index in [4.69, 9.17) is 4.98 Å². The Kier molecular flexibility index (Phi) is 4.78. The van der Waals surface area contributed by atoms with E-state index in [2.05, 4.69) is 36.5 Å². The van der Waals surface area contributed by atoms with Gasteiger partial charge in [0, 0.05) is 30.3 Å². The van der Waals surface area contributed by atoms with Crippen molar-refractivity contribution in [1.29, 1.82) is 0 Å². The minimum atomic E-state index is 0.232. The van der Waals surface area contributed by atoms with Crippen LogP contribution in [0.4, 0.5) is 0 Å². The van der Waals surface area contributed by atoms with Gasteiger partial charge in [0.05, 0.1) is 5.52 Å². The standard InChI is InChI=1S/C17H22N2OS/c1-12(10-20)11-21-17-14(9-18-15-6-7-15)8-13-4-2-3-5-16(13)19-17/h2-5,8,12,15,18,20H,6-7,9-11H2,1H3. The smallest absolute Gasteiger partial charge is 0.101 e. The molecule has 1 heterocycles. The molecule has 1 aliphatic carbocycles. The zero-order valence-electron chi connectivity index (χ0n) is 12.4. The van der Waals surface area contributed by atoms with Gasteiger partial charge in [-0.15, -0.1) is 11.8 Å². The Bertz CT molecular complexity index is 613. The van der Waals surface area contributed by atoms with Crippen LogP contribution in [0.15, 0.2) is 35.4 Å². The van der Waals surface area contributed by atoms with Crippen LogP contribution in [0.25, 0.3) is 10.9 Å². The number of aliphatic hydroxyl groups is 1. The second-order valence-electron chi connectivity index (χ2n) is 5.90. The Labute approximate surface area is 130 Å². The summed E-state index contributed by atoms with van der Waals surface area (Å²) < 4.78 is 0. The summed E-state index contributed by atoms with van der Waals surface area (Å²) in [7, 11) is 0. The minimum Gasteiger partial charge on any atom is -0.396 e. The van der Waals surface area contributed by atoms with Crippen molar-refractivity contribution in [2.24, 2.45) is 5.92 Å². The Morgan fingerprint density at radius 2 is 2.19 bits per heavy atom. The molecular weight excluding hydrogens is 280 g/mol. The number of pyridine rings is 1. The van der Waals surface area contributed by atoms with Crippen LogP contribution in [0.1, 0.15) is 25.3 Å². The molecule has 0 radical (unpaired) electrons. The fourth-order valence-corrected chi connectivity index (χ4v) is 3.24. The van der Waals surface area contributed by atoms with Crippen LogP contribution < -0.4 is 5.32 Å². The Morgan fingerprint density at radius 1 is 1.38 bits per heavy atom. The van der Waals surface area contributed by atoms with Gasteiger partial charge in [-0.05, 0) is 36.5 Å². The van der Waals surface area contributed by atoms with Gasteiger partial charge in [0.15, 0.2) is 0 Å². The summed E-state index contributed by atoms with van der Waals surface area (Å²) in [5, 5.41) is 15.1. The number of rotatable bonds is 7. The van der Waals surface area contributed by atoms with Crippen molar-refractivity contribution < 1.29 is 5.11 Å². The molecule has 0 spiro atoms. The van der Waals surface area contributed by atoms with Crippen molar-refractivity contribution in [2.75, 3.05) is 12.4 Å². The van der Waals surface area contributed by atoms with Crippen molar-refractivity contribution in [3.63, 3.8) is 0 Å². The van der Waals surface area contributed by atoms with Gasteiger partial charge in [-0.25, -0.2) is 4.98 Å². The summed E-state index contributed by atoms with van der Waals surface area (Å²) >= 11 is 1.76. The number of aliphatic hydroxyl groups excluding tert-OH is 1. The van der Waals surface area contributed by atoms with Crippen LogP contribution in [-0.2, 0) is 6.54 Å². The highest BCUT2D eigenvalue weighted by atomic mass is 32.2. The first-order valence-corrected chi connectivity index (χ1v) is 8.60. The highest BCUT2D eigenvalue weighted by molar-refractivity contribution is 7.99. The van der Waals surface area contributed by atoms with Crippen LogP contribution in [0.3, 0.4) is 0 Å². The molecule has 0 saturated heterocycles. The summed E-state index contributed by atoms with van der Waals surface area (Å²) in [6.07, 6.45) is 2.59. The van der Waals surface area contributed by atoms with E-state index < -0.39 is 0 Å². The van der Waals surface area contributed by atoms with Crippen LogP contribution >= 0.6 is 11.8 Å². The molecule has 1 fully saturated rings. The zero-order chi connectivity index (χ0) is 14.7. The van der Waals surface area contributed by atoms with E-state index in [9.17, 15) is 5.11 Å². The molecule has 4 heteroatoms.